The quantitative estimate of drug-likeness (QED) is 0.873. The van der Waals surface area contributed by atoms with Crippen LogP contribution in [0.4, 0.5) is 0 Å². The third-order valence-corrected chi connectivity index (χ3v) is 6.86. The van der Waals surface area contributed by atoms with Crippen LogP contribution in [0, 0.1) is 6.92 Å². The number of sulfonamides is 1. The van der Waals surface area contributed by atoms with Crippen LogP contribution in [-0.4, -0.2) is 30.8 Å². The molecule has 0 saturated carbocycles. The number of nitrogens with zero attached hydrogens (tertiary/aromatic N) is 2. The normalized spacial score (nSPS) is 18.0. The predicted octanol–water partition coefficient (Wildman–Crippen LogP) is 3.02. The highest BCUT2D eigenvalue weighted by Gasteiger charge is 2.30. The second-order valence-electron chi connectivity index (χ2n) is 5.32. The summed E-state index contributed by atoms with van der Waals surface area (Å²) in [7, 11) is -3.35. The van der Waals surface area contributed by atoms with Gasteiger partial charge in [0.25, 0.3) is 0 Å². The van der Waals surface area contributed by atoms with Gasteiger partial charge in [-0.2, -0.15) is 4.31 Å². The van der Waals surface area contributed by atoms with Crippen molar-refractivity contribution < 1.29 is 8.42 Å². The van der Waals surface area contributed by atoms with E-state index in [2.05, 4.69) is 10.4 Å². The molecule has 0 N–H and O–H groups in total. The number of hydrogen-bond donors (Lipinski definition) is 0. The number of thiazole rings is 1. The first kappa shape index (κ1) is 14.7. The molecule has 3 rings (SSSR count). The molecule has 0 spiro atoms. The Hall–Kier alpha value is -1.24. The van der Waals surface area contributed by atoms with Gasteiger partial charge < -0.3 is 0 Å². The number of piperidine rings is 1. The van der Waals surface area contributed by atoms with Crippen molar-refractivity contribution in [2.24, 2.45) is 0 Å². The van der Waals surface area contributed by atoms with E-state index >= 15 is 0 Å². The molecular weight excluding hydrogens is 304 g/mol. The van der Waals surface area contributed by atoms with Gasteiger partial charge in [-0.05, 0) is 31.9 Å². The summed E-state index contributed by atoms with van der Waals surface area (Å²) in [4.78, 5) is 4.91. The molecule has 1 aliphatic heterocycles. The van der Waals surface area contributed by atoms with Crippen LogP contribution >= 0.6 is 11.3 Å². The average molecular weight is 322 g/mol. The van der Waals surface area contributed by atoms with E-state index in [0.29, 0.717) is 23.9 Å². The highest BCUT2D eigenvalue weighted by atomic mass is 32.2. The number of benzene rings is 1. The molecule has 112 valence electrons. The van der Waals surface area contributed by atoms with Gasteiger partial charge in [0.05, 0.1) is 9.90 Å². The van der Waals surface area contributed by atoms with Gasteiger partial charge in [0.15, 0.2) is 0 Å². The Morgan fingerprint density at radius 1 is 1.19 bits per heavy atom. The Labute approximate surface area is 129 Å². The van der Waals surface area contributed by atoms with Gasteiger partial charge in [-0.25, -0.2) is 13.4 Å². The minimum absolute atomic E-state index is 0.383. The molecule has 0 radical (unpaired) electrons. The SMILES string of the molecule is Cc1csc(C2CCN(S(=O)(=O)c3ccccc3)CC2)n1. The number of hydrogen-bond acceptors (Lipinski definition) is 4. The summed E-state index contributed by atoms with van der Waals surface area (Å²) in [6.45, 7) is 3.13. The number of aryl methyl sites for hydroxylation is 1. The van der Waals surface area contributed by atoms with E-state index in [9.17, 15) is 8.42 Å². The summed E-state index contributed by atoms with van der Waals surface area (Å²) in [5.74, 6) is 0.394. The molecule has 2 aromatic rings. The molecule has 0 bridgehead atoms. The van der Waals surface area contributed by atoms with Crippen LogP contribution in [0.2, 0.25) is 0 Å². The van der Waals surface area contributed by atoms with Crippen molar-refractivity contribution in [2.75, 3.05) is 13.1 Å². The monoisotopic (exact) mass is 322 g/mol. The van der Waals surface area contributed by atoms with Crippen LogP contribution in [0.3, 0.4) is 0 Å². The molecule has 1 aromatic carbocycles. The summed E-state index contributed by atoms with van der Waals surface area (Å²) in [6.07, 6.45) is 1.69. The maximum Gasteiger partial charge on any atom is 0.243 e. The Balaban J connectivity index is 1.71. The predicted molar refractivity (Wildman–Crippen MR) is 84.0 cm³/mol. The average Bonchev–Trinajstić information content (AvgIpc) is 2.95. The molecule has 0 atom stereocenters. The zero-order chi connectivity index (χ0) is 14.9. The first-order valence-corrected chi connectivity index (χ1v) is 9.36. The fraction of sp³-hybridized carbons (Fsp3) is 0.400. The lowest BCUT2D eigenvalue weighted by atomic mass is 9.99. The molecule has 0 unspecified atom stereocenters. The van der Waals surface area contributed by atoms with Gasteiger partial charge in [0.1, 0.15) is 0 Å². The molecule has 0 amide bonds. The van der Waals surface area contributed by atoms with Crippen LogP contribution in [0.15, 0.2) is 40.6 Å². The molecular formula is C15H18N2O2S2. The third-order valence-electron chi connectivity index (χ3n) is 3.82. The molecule has 1 saturated heterocycles. The lowest BCUT2D eigenvalue weighted by molar-refractivity contribution is 0.319. The van der Waals surface area contributed by atoms with Crippen LogP contribution in [0.5, 0.6) is 0 Å². The molecule has 1 aliphatic rings. The molecule has 6 heteroatoms. The first-order valence-electron chi connectivity index (χ1n) is 7.04. The van der Waals surface area contributed by atoms with E-state index in [1.54, 1.807) is 39.9 Å². The minimum Gasteiger partial charge on any atom is -0.246 e. The zero-order valence-electron chi connectivity index (χ0n) is 11.9. The maximum atomic E-state index is 12.5. The standard InChI is InChI=1S/C15H18N2O2S2/c1-12-11-20-15(16-12)13-7-9-17(10-8-13)21(18,19)14-5-3-2-4-6-14/h2-6,11,13H,7-10H2,1H3. The van der Waals surface area contributed by atoms with E-state index in [4.69, 9.17) is 0 Å². The van der Waals surface area contributed by atoms with Crippen molar-refractivity contribution in [3.63, 3.8) is 0 Å². The van der Waals surface area contributed by atoms with Crippen molar-refractivity contribution in [3.05, 3.63) is 46.4 Å². The fourth-order valence-electron chi connectivity index (χ4n) is 2.64. The zero-order valence-corrected chi connectivity index (χ0v) is 13.5. The summed E-state index contributed by atoms with van der Waals surface area (Å²) in [6, 6.07) is 8.67. The minimum atomic E-state index is -3.35. The van der Waals surface area contributed by atoms with E-state index in [1.807, 2.05) is 13.0 Å². The number of aromatic nitrogens is 1. The third kappa shape index (κ3) is 3.02. The Kier molecular flexibility index (Phi) is 4.10. The summed E-state index contributed by atoms with van der Waals surface area (Å²) >= 11 is 1.68. The lowest BCUT2D eigenvalue weighted by Gasteiger charge is -2.30. The van der Waals surface area contributed by atoms with Gasteiger partial charge in [0.2, 0.25) is 10.0 Å². The molecule has 21 heavy (non-hydrogen) atoms. The molecule has 1 fully saturated rings. The van der Waals surface area contributed by atoms with E-state index in [-0.39, 0.29) is 0 Å². The second-order valence-corrected chi connectivity index (χ2v) is 8.15. The van der Waals surface area contributed by atoms with Gasteiger partial charge in [0, 0.05) is 30.1 Å². The summed E-state index contributed by atoms with van der Waals surface area (Å²) < 4.78 is 26.7. The summed E-state index contributed by atoms with van der Waals surface area (Å²) in [5.41, 5.74) is 1.05. The summed E-state index contributed by atoms with van der Waals surface area (Å²) in [5, 5.41) is 3.20. The van der Waals surface area contributed by atoms with Crippen molar-refractivity contribution >= 4 is 21.4 Å². The maximum absolute atomic E-state index is 12.5. The van der Waals surface area contributed by atoms with Gasteiger partial charge in [-0.3, -0.25) is 0 Å². The van der Waals surface area contributed by atoms with Crippen molar-refractivity contribution in [1.82, 2.24) is 9.29 Å². The Bertz CT molecular complexity index is 702. The number of rotatable bonds is 3. The van der Waals surface area contributed by atoms with Crippen LogP contribution in [0.25, 0.3) is 0 Å². The smallest absolute Gasteiger partial charge is 0.243 e. The van der Waals surface area contributed by atoms with Crippen molar-refractivity contribution in [2.45, 2.75) is 30.6 Å². The topological polar surface area (TPSA) is 50.3 Å². The van der Waals surface area contributed by atoms with Crippen molar-refractivity contribution in [1.29, 1.82) is 0 Å². The van der Waals surface area contributed by atoms with Gasteiger partial charge in [-0.15, -0.1) is 11.3 Å². The molecule has 1 aromatic heterocycles. The first-order chi connectivity index (χ1) is 10.1. The van der Waals surface area contributed by atoms with Gasteiger partial charge in [-0.1, -0.05) is 18.2 Å². The molecule has 4 nitrogen and oxygen atoms in total. The van der Waals surface area contributed by atoms with Crippen LogP contribution in [-0.2, 0) is 10.0 Å². The molecule has 0 aliphatic carbocycles. The fourth-order valence-corrected chi connectivity index (χ4v) is 5.10. The van der Waals surface area contributed by atoms with Gasteiger partial charge >= 0.3 is 0 Å². The lowest BCUT2D eigenvalue weighted by Crippen LogP contribution is -2.37. The largest absolute Gasteiger partial charge is 0.246 e. The van der Waals surface area contributed by atoms with Crippen LogP contribution < -0.4 is 0 Å². The Morgan fingerprint density at radius 3 is 2.43 bits per heavy atom. The Morgan fingerprint density at radius 2 is 1.86 bits per heavy atom. The van der Waals surface area contributed by atoms with Crippen LogP contribution in [0.1, 0.15) is 29.5 Å². The van der Waals surface area contributed by atoms with Crippen molar-refractivity contribution in [3.8, 4) is 0 Å². The highest BCUT2D eigenvalue weighted by molar-refractivity contribution is 7.89. The van der Waals surface area contributed by atoms with E-state index in [1.165, 1.54) is 0 Å². The molecule has 2 heterocycles. The highest BCUT2D eigenvalue weighted by Crippen LogP contribution is 2.32. The van der Waals surface area contributed by atoms with E-state index < -0.39 is 10.0 Å². The second kappa shape index (κ2) is 5.87. The van der Waals surface area contributed by atoms with E-state index in [0.717, 1.165) is 23.5 Å².